The highest BCUT2D eigenvalue weighted by Crippen LogP contribution is 2.30. The number of nitrogen functional groups attached to an aromatic ring is 1. The van der Waals surface area contributed by atoms with E-state index >= 15 is 0 Å². The molecule has 5 rings (SSSR count). The lowest BCUT2D eigenvalue weighted by Gasteiger charge is -2.11. The second-order valence-corrected chi connectivity index (χ2v) is 7.20. The molecule has 0 saturated heterocycles. The number of anilines is 1. The third-order valence-electron chi connectivity index (χ3n) is 5.08. The van der Waals surface area contributed by atoms with Crippen LogP contribution in [0.5, 0.6) is 11.6 Å². The summed E-state index contributed by atoms with van der Waals surface area (Å²) in [5.41, 5.74) is 9.19. The first-order chi connectivity index (χ1) is 16.1. The van der Waals surface area contributed by atoms with Crippen LogP contribution in [0.2, 0.25) is 0 Å². The van der Waals surface area contributed by atoms with Gasteiger partial charge in [0.05, 0.1) is 12.8 Å². The van der Waals surface area contributed by atoms with Crippen molar-refractivity contribution in [3.05, 3.63) is 84.6 Å². The molecule has 0 aliphatic heterocycles. The molecule has 0 amide bonds. The Bertz CT molecular complexity index is 1440. The molecule has 5 aromatic rings. The van der Waals surface area contributed by atoms with Crippen LogP contribution in [0.3, 0.4) is 0 Å². The second-order valence-electron chi connectivity index (χ2n) is 7.20. The molecule has 33 heavy (non-hydrogen) atoms. The Labute approximate surface area is 188 Å². The van der Waals surface area contributed by atoms with Gasteiger partial charge in [-0.15, -0.1) is 0 Å². The maximum Gasteiger partial charge on any atom is 0.215 e. The number of halogens is 1. The molecular formula is C24H19FN6O2. The minimum absolute atomic E-state index is 0.237. The Morgan fingerprint density at radius 2 is 1.85 bits per heavy atom. The third-order valence-corrected chi connectivity index (χ3v) is 5.08. The van der Waals surface area contributed by atoms with Gasteiger partial charge in [-0.2, -0.15) is 0 Å². The van der Waals surface area contributed by atoms with Gasteiger partial charge in [-0.05, 0) is 35.9 Å². The smallest absolute Gasteiger partial charge is 0.215 e. The summed E-state index contributed by atoms with van der Waals surface area (Å²) in [6, 6.07) is 17.3. The standard InChI is InChI=1S/C24H19FN6O2/c1-32-19-7-5-15(6-8-19)13-33-20-12-18(9-10-27-20)31-23(16-3-2-4-17(25)11-16)30-21-22(26)28-14-29-24(21)31/h2-12,14H,13H2,1H3,(H2,26,28,29). The number of pyridine rings is 1. The summed E-state index contributed by atoms with van der Waals surface area (Å²) in [7, 11) is 1.62. The van der Waals surface area contributed by atoms with E-state index in [1.54, 1.807) is 42.1 Å². The molecule has 3 heterocycles. The van der Waals surface area contributed by atoms with E-state index in [1.807, 2.05) is 24.3 Å². The number of nitrogens with two attached hydrogens (primary N) is 1. The topological polar surface area (TPSA) is 101 Å². The second kappa shape index (κ2) is 8.54. The highest BCUT2D eigenvalue weighted by molar-refractivity contribution is 5.87. The molecule has 9 heteroatoms. The number of hydrogen-bond donors (Lipinski definition) is 1. The van der Waals surface area contributed by atoms with E-state index in [0.29, 0.717) is 40.7 Å². The Morgan fingerprint density at radius 3 is 2.64 bits per heavy atom. The van der Waals surface area contributed by atoms with Crippen LogP contribution in [0, 0.1) is 5.82 Å². The van der Waals surface area contributed by atoms with Crippen molar-refractivity contribution in [2.24, 2.45) is 0 Å². The number of methoxy groups -OCH3 is 1. The summed E-state index contributed by atoms with van der Waals surface area (Å²) in [4.78, 5) is 17.3. The van der Waals surface area contributed by atoms with Gasteiger partial charge >= 0.3 is 0 Å². The predicted octanol–water partition coefficient (Wildman–Crippen LogP) is 4.19. The predicted molar refractivity (Wildman–Crippen MR) is 122 cm³/mol. The van der Waals surface area contributed by atoms with Gasteiger partial charge in [0.15, 0.2) is 17.0 Å². The molecule has 2 N–H and O–H groups in total. The maximum absolute atomic E-state index is 14.0. The number of rotatable bonds is 6. The Balaban J connectivity index is 1.54. The molecule has 8 nitrogen and oxygen atoms in total. The molecule has 0 aliphatic rings. The fraction of sp³-hybridized carbons (Fsp3) is 0.0833. The zero-order valence-electron chi connectivity index (χ0n) is 17.6. The fourth-order valence-corrected chi connectivity index (χ4v) is 3.47. The van der Waals surface area contributed by atoms with E-state index in [1.165, 1.54) is 18.5 Å². The van der Waals surface area contributed by atoms with Crippen molar-refractivity contribution in [2.45, 2.75) is 6.61 Å². The normalized spacial score (nSPS) is 11.0. The summed E-state index contributed by atoms with van der Waals surface area (Å²) < 4.78 is 26.8. The lowest BCUT2D eigenvalue weighted by atomic mass is 10.2. The average Bonchev–Trinajstić information content (AvgIpc) is 3.24. The summed E-state index contributed by atoms with van der Waals surface area (Å²) in [6.45, 7) is 0.330. The number of ether oxygens (including phenoxy) is 2. The molecule has 0 bridgehead atoms. The molecule has 2 aromatic carbocycles. The van der Waals surface area contributed by atoms with Crippen molar-refractivity contribution >= 4 is 17.0 Å². The van der Waals surface area contributed by atoms with Crippen LogP contribution in [-0.2, 0) is 6.61 Å². The van der Waals surface area contributed by atoms with Crippen molar-refractivity contribution in [1.29, 1.82) is 0 Å². The summed E-state index contributed by atoms with van der Waals surface area (Å²) in [6.07, 6.45) is 3.00. The van der Waals surface area contributed by atoms with Gasteiger partial charge in [0.25, 0.3) is 0 Å². The first-order valence-electron chi connectivity index (χ1n) is 10.1. The van der Waals surface area contributed by atoms with Crippen LogP contribution >= 0.6 is 0 Å². The molecule has 0 radical (unpaired) electrons. The highest BCUT2D eigenvalue weighted by atomic mass is 19.1. The van der Waals surface area contributed by atoms with E-state index in [-0.39, 0.29) is 11.6 Å². The average molecular weight is 442 g/mol. The molecule has 0 saturated carbocycles. The lowest BCUT2D eigenvalue weighted by molar-refractivity contribution is 0.293. The summed E-state index contributed by atoms with van der Waals surface area (Å²) >= 11 is 0. The zero-order valence-corrected chi connectivity index (χ0v) is 17.6. The first-order valence-corrected chi connectivity index (χ1v) is 10.1. The van der Waals surface area contributed by atoms with E-state index in [4.69, 9.17) is 15.2 Å². The lowest BCUT2D eigenvalue weighted by Crippen LogP contribution is -2.02. The van der Waals surface area contributed by atoms with Gasteiger partial charge in [-0.1, -0.05) is 24.3 Å². The van der Waals surface area contributed by atoms with Gasteiger partial charge in [-0.3, -0.25) is 4.57 Å². The monoisotopic (exact) mass is 442 g/mol. The molecule has 3 aromatic heterocycles. The Hall–Kier alpha value is -4.53. The van der Waals surface area contributed by atoms with Crippen LogP contribution in [0.4, 0.5) is 10.2 Å². The SMILES string of the molecule is COc1ccc(COc2cc(-n3c(-c4cccc(F)c4)nc4c(N)ncnc43)ccn2)cc1. The third kappa shape index (κ3) is 4.03. The van der Waals surface area contributed by atoms with Gasteiger partial charge in [0.2, 0.25) is 5.88 Å². The number of hydrogen-bond acceptors (Lipinski definition) is 7. The van der Waals surface area contributed by atoms with Crippen LogP contribution in [0.25, 0.3) is 28.2 Å². The molecule has 0 aliphatic carbocycles. The van der Waals surface area contributed by atoms with Crippen molar-refractivity contribution in [1.82, 2.24) is 24.5 Å². The number of fused-ring (bicyclic) bond motifs is 1. The van der Waals surface area contributed by atoms with Crippen molar-refractivity contribution in [3.63, 3.8) is 0 Å². The minimum atomic E-state index is -0.372. The first kappa shape index (κ1) is 20.4. The zero-order chi connectivity index (χ0) is 22.8. The molecule has 0 spiro atoms. The van der Waals surface area contributed by atoms with Crippen molar-refractivity contribution in [2.75, 3.05) is 12.8 Å². The largest absolute Gasteiger partial charge is 0.497 e. The van der Waals surface area contributed by atoms with Gasteiger partial charge in [0.1, 0.15) is 30.3 Å². The Kier molecular flexibility index (Phi) is 5.27. The van der Waals surface area contributed by atoms with Crippen LogP contribution in [0.15, 0.2) is 73.2 Å². The van der Waals surface area contributed by atoms with Crippen molar-refractivity contribution < 1.29 is 13.9 Å². The fourth-order valence-electron chi connectivity index (χ4n) is 3.47. The highest BCUT2D eigenvalue weighted by Gasteiger charge is 2.18. The van der Waals surface area contributed by atoms with Gasteiger partial charge in [0, 0.05) is 17.8 Å². The summed E-state index contributed by atoms with van der Waals surface area (Å²) in [5, 5.41) is 0. The van der Waals surface area contributed by atoms with E-state index in [0.717, 1.165) is 11.3 Å². The number of imidazole rings is 1. The molecular weight excluding hydrogens is 423 g/mol. The van der Waals surface area contributed by atoms with E-state index in [2.05, 4.69) is 19.9 Å². The van der Waals surface area contributed by atoms with Crippen molar-refractivity contribution in [3.8, 4) is 28.7 Å². The van der Waals surface area contributed by atoms with Crippen LogP contribution in [0.1, 0.15) is 5.56 Å². The number of aromatic nitrogens is 5. The van der Waals surface area contributed by atoms with Crippen LogP contribution < -0.4 is 15.2 Å². The van der Waals surface area contributed by atoms with Crippen LogP contribution in [-0.4, -0.2) is 31.6 Å². The molecule has 0 fully saturated rings. The summed E-state index contributed by atoms with van der Waals surface area (Å²) in [5.74, 6) is 1.53. The van der Waals surface area contributed by atoms with E-state index < -0.39 is 0 Å². The molecule has 0 unspecified atom stereocenters. The number of nitrogens with zero attached hydrogens (tertiary/aromatic N) is 5. The molecule has 164 valence electrons. The quantitative estimate of drug-likeness (QED) is 0.421. The molecule has 0 atom stereocenters. The minimum Gasteiger partial charge on any atom is -0.497 e. The van der Waals surface area contributed by atoms with E-state index in [9.17, 15) is 4.39 Å². The Morgan fingerprint density at radius 1 is 1.00 bits per heavy atom. The van der Waals surface area contributed by atoms with Gasteiger partial charge in [-0.25, -0.2) is 24.3 Å². The van der Waals surface area contributed by atoms with Gasteiger partial charge < -0.3 is 15.2 Å². The number of benzene rings is 2. The maximum atomic E-state index is 14.0.